The van der Waals surface area contributed by atoms with Gasteiger partial charge in [0.1, 0.15) is 16.1 Å². The van der Waals surface area contributed by atoms with E-state index in [1.807, 2.05) is 0 Å². The van der Waals surface area contributed by atoms with E-state index in [0.29, 0.717) is 0 Å². The molecule has 0 spiro atoms. The molecule has 0 bridgehead atoms. The van der Waals surface area contributed by atoms with Crippen LogP contribution < -0.4 is 20.7 Å². The van der Waals surface area contributed by atoms with Gasteiger partial charge in [0, 0.05) is 11.1 Å². The summed E-state index contributed by atoms with van der Waals surface area (Å²) >= 11 is 0. The van der Waals surface area contributed by atoms with Crippen molar-refractivity contribution in [1.82, 2.24) is 0 Å². The molecule has 0 saturated carbocycles. The Balaban J connectivity index is 4.82. The molecule has 0 aromatic heterocycles. The Morgan fingerprint density at radius 2 is 0.500 bits per heavy atom. The molecule has 6 heteroatoms. The molecule has 190 valence electrons. The molecule has 0 heterocycles. The number of benzene rings is 1. The van der Waals surface area contributed by atoms with Crippen LogP contribution in [-0.4, -0.2) is 48.4 Å². The molecule has 34 heavy (non-hydrogen) atoms. The van der Waals surface area contributed by atoms with Gasteiger partial charge in [0.05, 0.1) is 32.3 Å². The molecule has 0 aliphatic rings. The molecule has 0 unspecified atom stereocenters. The first-order valence-corrected chi connectivity index (χ1v) is 34.0. The van der Waals surface area contributed by atoms with Crippen LogP contribution in [0.4, 0.5) is 0 Å². The van der Waals surface area contributed by atoms with Gasteiger partial charge in [-0.25, -0.2) is 0 Å². The molecule has 0 fully saturated rings. The summed E-state index contributed by atoms with van der Waals surface area (Å²) < 4.78 is 0. The van der Waals surface area contributed by atoms with Gasteiger partial charge in [0.2, 0.25) is 0 Å². The predicted molar refractivity (Wildman–Crippen MR) is 179 cm³/mol. The van der Waals surface area contributed by atoms with E-state index in [1.54, 1.807) is 20.7 Å². The summed E-state index contributed by atoms with van der Waals surface area (Å²) in [5.74, 6) is 7.89. The van der Waals surface area contributed by atoms with Crippen molar-refractivity contribution in [2.24, 2.45) is 0 Å². The van der Waals surface area contributed by atoms with Crippen LogP contribution in [0.3, 0.4) is 0 Å². The first-order chi connectivity index (χ1) is 14.7. The Morgan fingerprint density at radius 1 is 0.324 bits per heavy atom. The summed E-state index contributed by atoms with van der Waals surface area (Å²) in [4.78, 5) is 0. The lowest BCUT2D eigenvalue weighted by Gasteiger charge is -2.39. The summed E-state index contributed by atoms with van der Waals surface area (Å²) in [5, 5.41) is 6.65. The van der Waals surface area contributed by atoms with Crippen LogP contribution in [0.25, 0.3) is 0 Å². The van der Waals surface area contributed by atoms with Gasteiger partial charge in [-0.15, -0.1) is 11.1 Å². The van der Waals surface area contributed by atoms with Crippen LogP contribution in [0.2, 0.25) is 118 Å². The molecule has 0 radical (unpaired) electrons. The third-order valence-corrected chi connectivity index (χ3v) is 15.9. The van der Waals surface area contributed by atoms with Gasteiger partial charge < -0.3 is 0 Å². The van der Waals surface area contributed by atoms with Gasteiger partial charge in [0.15, 0.2) is 0 Å². The van der Waals surface area contributed by atoms with Gasteiger partial charge in [-0.2, -0.15) is 0 Å². The zero-order valence-electron chi connectivity index (χ0n) is 26.0. The van der Waals surface area contributed by atoms with Crippen LogP contribution in [0.5, 0.6) is 0 Å². The number of rotatable bonds is 4. The van der Waals surface area contributed by atoms with Crippen LogP contribution in [0, 0.1) is 22.9 Å². The lowest BCUT2D eigenvalue weighted by Crippen LogP contribution is -2.69. The van der Waals surface area contributed by atoms with Crippen LogP contribution in [0.15, 0.2) is 0 Å². The average Bonchev–Trinajstić information content (AvgIpc) is 2.51. The molecule has 0 amide bonds. The van der Waals surface area contributed by atoms with Crippen molar-refractivity contribution in [2.75, 3.05) is 0 Å². The van der Waals surface area contributed by atoms with Gasteiger partial charge in [-0.3, -0.25) is 0 Å². The Kier molecular flexibility index (Phi) is 9.16. The molecule has 0 N–H and O–H groups in total. The van der Waals surface area contributed by atoms with Gasteiger partial charge in [0.25, 0.3) is 0 Å². The van der Waals surface area contributed by atoms with Crippen molar-refractivity contribution in [1.29, 1.82) is 0 Å². The van der Waals surface area contributed by atoms with Crippen molar-refractivity contribution in [3.63, 3.8) is 0 Å². The molecular formula is C28H54Si6. The normalized spacial score (nSPS) is 13.7. The van der Waals surface area contributed by atoms with Crippen molar-refractivity contribution in [3.8, 4) is 22.9 Å². The fourth-order valence-corrected chi connectivity index (χ4v) is 17.5. The highest BCUT2D eigenvalue weighted by atomic mass is 28.3. The standard InChI is InChI=1S/C28H54Si6/c1-29(2,3)21-19-23-25(31(7,8)9)27(33(13,14)15)24(20-22-30(4,5)6)28(34(16,17)18)26(23)32(10,11)12/h1-18H3. The smallest absolute Gasteiger partial charge is 0.127 e. The van der Waals surface area contributed by atoms with Crippen molar-refractivity contribution in [2.45, 2.75) is 118 Å². The van der Waals surface area contributed by atoms with E-state index < -0.39 is 48.4 Å². The summed E-state index contributed by atoms with van der Waals surface area (Å²) in [5.41, 5.74) is 10.6. The van der Waals surface area contributed by atoms with Crippen LogP contribution in [0.1, 0.15) is 11.1 Å². The lowest BCUT2D eigenvalue weighted by molar-refractivity contribution is 1.60. The summed E-state index contributed by atoms with van der Waals surface area (Å²) in [6.07, 6.45) is 0. The third kappa shape index (κ3) is 8.35. The SMILES string of the molecule is C[Si](C)(C)C#Cc1c([Si](C)(C)C)c([Si](C)(C)C)c(C#C[Si](C)(C)C)c([Si](C)(C)C)c1[Si](C)(C)C. The average molecular weight is 559 g/mol. The number of hydrogen-bond donors (Lipinski definition) is 0. The van der Waals surface area contributed by atoms with Crippen molar-refractivity contribution < 1.29 is 0 Å². The fourth-order valence-electron chi connectivity index (χ4n) is 4.50. The predicted octanol–water partition coefficient (Wildman–Crippen LogP) is 6.33. The molecule has 0 aliphatic heterocycles. The van der Waals surface area contributed by atoms with Crippen molar-refractivity contribution >= 4 is 69.2 Å². The molecule has 0 aliphatic carbocycles. The Bertz CT molecular complexity index is 907. The largest absolute Gasteiger partial charge is 0.129 e. The maximum Gasteiger partial charge on any atom is 0.129 e. The summed E-state index contributed by atoms with van der Waals surface area (Å²) in [7, 11) is -9.82. The second-order valence-electron chi connectivity index (χ2n) is 16.2. The highest BCUT2D eigenvalue weighted by Crippen LogP contribution is 2.19. The molecule has 0 saturated heterocycles. The van der Waals surface area contributed by atoms with E-state index in [-0.39, 0.29) is 0 Å². The summed E-state index contributed by atoms with van der Waals surface area (Å²) in [6, 6.07) is 0. The lowest BCUT2D eigenvalue weighted by atomic mass is 10.1. The van der Waals surface area contributed by atoms with E-state index in [2.05, 4.69) is 141 Å². The minimum atomic E-state index is -1.70. The van der Waals surface area contributed by atoms with Gasteiger partial charge in [-0.1, -0.05) is 130 Å². The molecular weight excluding hydrogens is 505 g/mol. The Hall–Kier alpha value is -0.359. The molecule has 1 rings (SSSR count). The number of hydrogen-bond acceptors (Lipinski definition) is 0. The molecule has 0 atom stereocenters. The minimum Gasteiger partial charge on any atom is -0.127 e. The highest BCUT2D eigenvalue weighted by molar-refractivity contribution is 7.04. The second-order valence-corrected chi connectivity index (χ2v) is 45.8. The quantitative estimate of drug-likeness (QED) is 0.299. The van der Waals surface area contributed by atoms with E-state index in [9.17, 15) is 0 Å². The zero-order chi connectivity index (χ0) is 27.3. The highest BCUT2D eigenvalue weighted by Gasteiger charge is 2.41. The van der Waals surface area contributed by atoms with E-state index in [0.717, 1.165) is 0 Å². The Labute approximate surface area is 220 Å². The van der Waals surface area contributed by atoms with E-state index in [1.165, 1.54) is 11.1 Å². The van der Waals surface area contributed by atoms with E-state index >= 15 is 0 Å². The fraction of sp³-hybridized carbons (Fsp3) is 0.643. The third-order valence-electron chi connectivity index (χ3n) is 5.62. The molecule has 1 aromatic rings. The first-order valence-electron chi connectivity index (χ1n) is 13.0. The van der Waals surface area contributed by atoms with Crippen LogP contribution >= 0.6 is 0 Å². The maximum absolute atomic E-state index is 3.95. The minimum absolute atomic E-state index is 1.47. The topological polar surface area (TPSA) is 0 Å². The van der Waals surface area contributed by atoms with E-state index in [4.69, 9.17) is 0 Å². The molecule has 0 nitrogen and oxygen atoms in total. The zero-order valence-corrected chi connectivity index (χ0v) is 32.0. The monoisotopic (exact) mass is 558 g/mol. The van der Waals surface area contributed by atoms with Gasteiger partial charge >= 0.3 is 0 Å². The second kappa shape index (κ2) is 9.84. The van der Waals surface area contributed by atoms with Crippen molar-refractivity contribution in [3.05, 3.63) is 11.1 Å². The van der Waals surface area contributed by atoms with Gasteiger partial charge in [-0.05, 0) is 20.7 Å². The van der Waals surface area contributed by atoms with Crippen LogP contribution in [-0.2, 0) is 0 Å². The summed E-state index contributed by atoms with van der Waals surface area (Å²) in [6.45, 7) is 44.8. The first kappa shape index (κ1) is 31.7. The maximum atomic E-state index is 3.95. The Morgan fingerprint density at radius 3 is 0.618 bits per heavy atom. The molecule has 1 aromatic carbocycles.